The number of nitrogens with zero attached hydrogens (tertiary/aromatic N) is 3. The van der Waals surface area contributed by atoms with Crippen LogP contribution in [0.2, 0.25) is 5.15 Å². The van der Waals surface area contributed by atoms with Crippen molar-refractivity contribution in [2.45, 2.75) is 13.8 Å². The normalized spacial score (nSPS) is 10.2. The van der Waals surface area contributed by atoms with E-state index in [0.717, 1.165) is 0 Å². The Kier molecular flexibility index (Phi) is 5.30. The predicted molar refractivity (Wildman–Crippen MR) is 74.3 cm³/mol. The molecule has 1 aromatic heterocycles. The number of aryl methyl sites for hydroxylation is 1. The molecule has 0 aliphatic heterocycles. The summed E-state index contributed by atoms with van der Waals surface area (Å²) in [7, 11) is 3.32. The Morgan fingerprint density at radius 3 is 2.42 bits per heavy atom. The van der Waals surface area contributed by atoms with Gasteiger partial charge in [0.25, 0.3) is 5.91 Å². The number of pyridine rings is 1. The molecule has 0 N–H and O–H groups in total. The summed E-state index contributed by atoms with van der Waals surface area (Å²) in [5.41, 5.74) is 1.12. The van der Waals surface area contributed by atoms with Crippen LogP contribution in [0.15, 0.2) is 12.1 Å². The minimum atomic E-state index is -0.217. The molecule has 19 heavy (non-hydrogen) atoms. The Morgan fingerprint density at radius 2 is 1.95 bits per heavy atom. The van der Waals surface area contributed by atoms with Gasteiger partial charge in [-0.3, -0.25) is 9.59 Å². The van der Waals surface area contributed by atoms with Crippen molar-refractivity contribution in [3.63, 3.8) is 0 Å². The topological polar surface area (TPSA) is 53.5 Å². The van der Waals surface area contributed by atoms with Crippen molar-refractivity contribution in [2.75, 3.05) is 27.2 Å². The first-order valence-corrected chi connectivity index (χ1v) is 6.36. The first-order chi connectivity index (χ1) is 8.85. The van der Waals surface area contributed by atoms with Gasteiger partial charge in [0.15, 0.2) is 0 Å². The number of aromatic nitrogens is 1. The highest BCUT2D eigenvalue weighted by molar-refractivity contribution is 6.29. The van der Waals surface area contributed by atoms with E-state index in [2.05, 4.69) is 4.98 Å². The lowest BCUT2D eigenvalue weighted by atomic mass is 10.2. The van der Waals surface area contributed by atoms with Crippen LogP contribution in [-0.4, -0.2) is 53.8 Å². The van der Waals surface area contributed by atoms with Crippen LogP contribution in [0.3, 0.4) is 0 Å². The third-order valence-corrected chi connectivity index (χ3v) is 2.86. The van der Waals surface area contributed by atoms with Crippen molar-refractivity contribution in [3.8, 4) is 0 Å². The summed E-state index contributed by atoms with van der Waals surface area (Å²) < 4.78 is 0. The van der Waals surface area contributed by atoms with Gasteiger partial charge in [-0.25, -0.2) is 4.98 Å². The molecule has 5 nitrogen and oxygen atoms in total. The van der Waals surface area contributed by atoms with Crippen molar-refractivity contribution in [3.05, 3.63) is 28.5 Å². The first kappa shape index (κ1) is 15.4. The Bertz CT molecular complexity index is 469. The second-order valence-electron chi connectivity index (χ2n) is 4.43. The molecule has 0 unspecified atom stereocenters. The van der Waals surface area contributed by atoms with Crippen molar-refractivity contribution in [1.29, 1.82) is 0 Å². The molecular formula is C13H18ClN3O2. The summed E-state index contributed by atoms with van der Waals surface area (Å²) in [6.07, 6.45) is 0. The standard InChI is InChI=1S/C13H18ClN3O2/c1-5-17(8-12(18)16(3)4)13(19)10-6-9(2)15-11(14)7-10/h6-7H,5,8H2,1-4H3. The van der Waals surface area contributed by atoms with Gasteiger partial charge >= 0.3 is 0 Å². The summed E-state index contributed by atoms with van der Waals surface area (Å²) in [5.74, 6) is -0.336. The van der Waals surface area contributed by atoms with Crippen molar-refractivity contribution < 1.29 is 9.59 Å². The molecule has 0 bridgehead atoms. The lowest BCUT2D eigenvalue weighted by Gasteiger charge is -2.22. The lowest BCUT2D eigenvalue weighted by Crippen LogP contribution is -2.40. The van der Waals surface area contributed by atoms with Gasteiger partial charge in [-0.2, -0.15) is 0 Å². The number of amides is 2. The number of carbonyl (C=O) groups is 2. The highest BCUT2D eigenvalue weighted by Gasteiger charge is 2.19. The molecule has 104 valence electrons. The van der Waals surface area contributed by atoms with E-state index < -0.39 is 0 Å². The van der Waals surface area contributed by atoms with E-state index in [0.29, 0.717) is 17.8 Å². The van der Waals surface area contributed by atoms with Crippen LogP contribution in [-0.2, 0) is 4.79 Å². The molecule has 0 aromatic carbocycles. The molecule has 2 amide bonds. The number of halogens is 1. The molecule has 0 aliphatic rings. The van der Waals surface area contributed by atoms with Crippen molar-refractivity contribution in [2.24, 2.45) is 0 Å². The van der Waals surface area contributed by atoms with Crippen LogP contribution in [0, 0.1) is 6.92 Å². The number of carbonyl (C=O) groups excluding carboxylic acids is 2. The Hall–Kier alpha value is -1.62. The molecule has 0 spiro atoms. The number of hydrogen-bond acceptors (Lipinski definition) is 3. The number of hydrogen-bond donors (Lipinski definition) is 0. The number of rotatable bonds is 4. The summed E-state index contributed by atoms with van der Waals surface area (Å²) in [6, 6.07) is 3.18. The van der Waals surface area contributed by atoms with Crippen LogP contribution in [0.25, 0.3) is 0 Å². The van der Waals surface area contributed by atoms with Gasteiger partial charge in [-0.05, 0) is 26.0 Å². The minimum Gasteiger partial charge on any atom is -0.347 e. The summed E-state index contributed by atoms with van der Waals surface area (Å²) in [4.78, 5) is 30.9. The quantitative estimate of drug-likeness (QED) is 0.789. The fraction of sp³-hybridized carbons (Fsp3) is 0.462. The molecule has 0 radical (unpaired) electrons. The largest absolute Gasteiger partial charge is 0.347 e. The third kappa shape index (κ3) is 4.21. The molecule has 0 atom stereocenters. The van der Waals surface area contributed by atoms with Crippen LogP contribution in [0.4, 0.5) is 0 Å². The molecule has 1 heterocycles. The van der Waals surface area contributed by atoms with E-state index >= 15 is 0 Å². The van der Waals surface area contributed by atoms with Crippen LogP contribution < -0.4 is 0 Å². The maximum absolute atomic E-state index is 12.3. The smallest absolute Gasteiger partial charge is 0.254 e. The molecule has 0 fully saturated rings. The van der Waals surface area contributed by atoms with E-state index in [1.807, 2.05) is 6.92 Å². The Balaban J connectivity index is 2.92. The molecule has 0 saturated heterocycles. The fourth-order valence-electron chi connectivity index (χ4n) is 1.57. The van der Waals surface area contributed by atoms with Crippen LogP contribution in [0.5, 0.6) is 0 Å². The fourth-order valence-corrected chi connectivity index (χ4v) is 1.82. The average Bonchev–Trinajstić information content (AvgIpc) is 2.33. The van der Waals surface area contributed by atoms with E-state index in [9.17, 15) is 9.59 Å². The highest BCUT2D eigenvalue weighted by Crippen LogP contribution is 2.12. The van der Waals surface area contributed by atoms with Gasteiger partial charge < -0.3 is 9.80 Å². The monoisotopic (exact) mass is 283 g/mol. The van der Waals surface area contributed by atoms with Crippen LogP contribution in [0.1, 0.15) is 23.0 Å². The molecule has 1 rings (SSSR count). The Morgan fingerprint density at radius 1 is 1.32 bits per heavy atom. The molecular weight excluding hydrogens is 266 g/mol. The zero-order valence-corrected chi connectivity index (χ0v) is 12.4. The molecule has 0 saturated carbocycles. The van der Waals surface area contributed by atoms with E-state index in [1.54, 1.807) is 27.1 Å². The van der Waals surface area contributed by atoms with Gasteiger partial charge in [0, 0.05) is 31.9 Å². The molecule has 1 aromatic rings. The SMILES string of the molecule is CCN(CC(=O)N(C)C)C(=O)c1cc(C)nc(Cl)c1. The maximum Gasteiger partial charge on any atom is 0.254 e. The summed E-state index contributed by atoms with van der Waals surface area (Å²) in [5, 5.41) is 0.276. The second kappa shape index (κ2) is 6.52. The second-order valence-corrected chi connectivity index (χ2v) is 4.81. The molecule has 0 aliphatic carbocycles. The van der Waals surface area contributed by atoms with Crippen molar-refractivity contribution in [1.82, 2.24) is 14.8 Å². The van der Waals surface area contributed by atoms with E-state index in [1.165, 1.54) is 15.9 Å². The first-order valence-electron chi connectivity index (χ1n) is 5.98. The van der Waals surface area contributed by atoms with Gasteiger partial charge in [-0.15, -0.1) is 0 Å². The molecule has 6 heteroatoms. The van der Waals surface area contributed by atoms with E-state index in [-0.39, 0.29) is 23.5 Å². The summed E-state index contributed by atoms with van der Waals surface area (Å²) >= 11 is 5.84. The number of likely N-dealkylation sites (N-methyl/N-ethyl adjacent to an activating group) is 2. The zero-order valence-electron chi connectivity index (χ0n) is 11.6. The highest BCUT2D eigenvalue weighted by atomic mass is 35.5. The maximum atomic E-state index is 12.3. The third-order valence-electron chi connectivity index (χ3n) is 2.66. The minimum absolute atomic E-state index is 0.0569. The van der Waals surface area contributed by atoms with Gasteiger partial charge in [0.2, 0.25) is 5.91 Å². The van der Waals surface area contributed by atoms with Crippen LogP contribution >= 0.6 is 11.6 Å². The van der Waals surface area contributed by atoms with Crippen molar-refractivity contribution >= 4 is 23.4 Å². The zero-order chi connectivity index (χ0) is 14.6. The van der Waals surface area contributed by atoms with Gasteiger partial charge in [0.05, 0.1) is 6.54 Å². The van der Waals surface area contributed by atoms with E-state index in [4.69, 9.17) is 11.6 Å². The van der Waals surface area contributed by atoms with Gasteiger partial charge in [0.1, 0.15) is 5.15 Å². The average molecular weight is 284 g/mol. The lowest BCUT2D eigenvalue weighted by molar-refractivity contribution is -0.129. The van der Waals surface area contributed by atoms with Gasteiger partial charge in [-0.1, -0.05) is 11.6 Å². The summed E-state index contributed by atoms with van der Waals surface area (Å²) in [6.45, 7) is 4.11. The Labute approximate surface area is 118 Å². The predicted octanol–water partition coefficient (Wildman–Crippen LogP) is 1.59.